The van der Waals surface area contributed by atoms with Crippen LogP contribution in [0.1, 0.15) is 20.8 Å². The molecule has 0 saturated heterocycles. The van der Waals surface area contributed by atoms with Gasteiger partial charge in [0.15, 0.2) is 11.5 Å². The molecule has 2 aromatic rings. The lowest BCUT2D eigenvalue weighted by molar-refractivity contribution is -0.115. The van der Waals surface area contributed by atoms with Crippen molar-refractivity contribution in [1.82, 2.24) is 4.90 Å². The molecule has 0 radical (unpaired) electrons. The second kappa shape index (κ2) is 11.6. The van der Waals surface area contributed by atoms with E-state index in [9.17, 15) is 4.79 Å². The van der Waals surface area contributed by atoms with Crippen LogP contribution in [0.25, 0.3) is 0 Å². The lowest BCUT2D eigenvalue weighted by Crippen LogP contribution is -2.28. The first-order valence-corrected chi connectivity index (χ1v) is 10.5. The molecule has 0 aliphatic heterocycles. The average molecular weight is 403 g/mol. The molecule has 2 aromatic carbocycles. The Morgan fingerprint density at radius 3 is 2.46 bits per heavy atom. The fourth-order valence-electron chi connectivity index (χ4n) is 2.69. The maximum Gasteiger partial charge on any atom is 0.237 e. The van der Waals surface area contributed by atoms with Gasteiger partial charge >= 0.3 is 0 Å². The van der Waals surface area contributed by atoms with Crippen molar-refractivity contribution in [2.75, 3.05) is 38.7 Å². The zero-order valence-corrected chi connectivity index (χ0v) is 17.9. The van der Waals surface area contributed by atoms with Crippen molar-refractivity contribution < 1.29 is 14.3 Å². The molecule has 28 heavy (non-hydrogen) atoms. The summed E-state index contributed by atoms with van der Waals surface area (Å²) >= 11 is 1.53. The molecular formula is C22H30N2O3S. The molecule has 1 unspecified atom stereocenters. The van der Waals surface area contributed by atoms with Crippen LogP contribution in [-0.4, -0.2) is 49.4 Å². The van der Waals surface area contributed by atoms with E-state index in [-0.39, 0.29) is 11.2 Å². The highest BCUT2D eigenvalue weighted by Crippen LogP contribution is 2.31. The topological polar surface area (TPSA) is 50.8 Å². The Hall–Kier alpha value is -2.18. The standard InChI is InChI=1S/C22H30N2O3S/c1-5-24(6-2)14-15-27-21-16-18(12-13-20(21)26-4)23-22(25)17(3)28-19-10-8-7-9-11-19/h7-13,16-17H,5-6,14-15H2,1-4H3,(H,23,25). The quantitative estimate of drug-likeness (QED) is 0.560. The van der Waals surface area contributed by atoms with Gasteiger partial charge in [-0.2, -0.15) is 0 Å². The largest absolute Gasteiger partial charge is 0.493 e. The molecule has 0 aromatic heterocycles. The molecule has 5 nitrogen and oxygen atoms in total. The van der Waals surface area contributed by atoms with E-state index in [1.54, 1.807) is 7.11 Å². The Morgan fingerprint density at radius 1 is 1.11 bits per heavy atom. The number of carbonyl (C=O) groups is 1. The summed E-state index contributed by atoms with van der Waals surface area (Å²) in [6.07, 6.45) is 0. The van der Waals surface area contributed by atoms with Gasteiger partial charge in [-0.05, 0) is 44.3 Å². The number of anilines is 1. The number of carbonyl (C=O) groups excluding carboxylic acids is 1. The highest BCUT2D eigenvalue weighted by Gasteiger charge is 2.16. The lowest BCUT2D eigenvalue weighted by atomic mass is 10.2. The minimum Gasteiger partial charge on any atom is -0.493 e. The lowest BCUT2D eigenvalue weighted by Gasteiger charge is -2.19. The fourth-order valence-corrected chi connectivity index (χ4v) is 3.58. The van der Waals surface area contributed by atoms with E-state index >= 15 is 0 Å². The summed E-state index contributed by atoms with van der Waals surface area (Å²) in [5, 5.41) is 2.76. The van der Waals surface area contributed by atoms with Crippen molar-refractivity contribution in [3.05, 3.63) is 48.5 Å². The van der Waals surface area contributed by atoms with E-state index < -0.39 is 0 Å². The highest BCUT2D eigenvalue weighted by molar-refractivity contribution is 8.00. The number of hydrogen-bond donors (Lipinski definition) is 1. The fraction of sp³-hybridized carbons (Fsp3) is 0.409. The minimum absolute atomic E-state index is 0.0480. The van der Waals surface area contributed by atoms with Gasteiger partial charge in [0.2, 0.25) is 5.91 Å². The number of nitrogens with zero attached hydrogens (tertiary/aromatic N) is 1. The molecule has 0 spiro atoms. The Balaban J connectivity index is 1.98. The van der Waals surface area contributed by atoms with Crippen LogP contribution in [0.4, 0.5) is 5.69 Å². The number of amides is 1. The SMILES string of the molecule is CCN(CC)CCOc1cc(NC(=O)C(C)Sc2ccccc2)ccc1OC. The number of rotatable bonds is 11. The molecule has 0 bridgehead atoms. The Kier molecular flexibility index (Phi) is 9.17. The van der Waals surface area contributed by atoms with Crippen molar-refractivity contribution in [1.29, 1.82) is 0 Å². The molecule has 6 heteroatoms. The number of hydrogen-bond acceptors (Lipinski definition) is 5. The van der Waals surface area contributed by atoms with E-state index in [0.29, 0.717) is 23.8 Å². The first kappa shape index (κ1) is 22.1. The number of likely N-dealkylation sites (N-methyl/N-ethyl adjacent to an activating group) is 1. The average Bonchev–Trinajstić information content (AvgIpc) is 2.72. The maximum atomic E-state index is 12.6. The van der Waals surface area contributed by atoms with Crippen LogP contribution in [-0.2, 0) is 4.79 Å². The van der Waals surface area contributed by atoms with Gasteiger partial charge in [0.25, 0.3) is 0 Å². The van der Waals surface area contributed by atoms with Crippen LogP contribution < -0.4 is 14.8 Å². The van der Waals surface area contributed by atoms with Crippen molar-refractivity contribution in [3.8, 4) is 11.5 Å². The van der Waals surface area contributed by atoms with Gasteiger partial charge in [-0.1, -0.05) is 32.0 Å². The van der Waals surface area contributed by atoms with Crippen LogP contribution in [0.2, 0.25) is 0 Å². The number of benzene rings is 2. The third-order valence-corrected chi connectivity index (χ3v) is 5.53. The highest BCUT2D eigenvalue weighted by atomic mass is 32.2. The predicted octanol–water partition coefficient (Wildman–Crippen LogP) is 4.54. The summed E-state index contributed by atoms with van der Waals surface area (Å²) in [4.78, 5) is 15.9. The molecule has 0 aliphatic rings. The van der Waals surface area contributed by atoms with Crippen molar-refractivity contribution in [3.63, 3.8) is 0 Å². The number of nitrogens with one attached hydrogen (secondary N) is 1. The van der Waals surface area contributed by atoms with E-state index in [0.717, 1.165) is 24.5 Å². The Bertz CT molecular complexity index is 736. The van der Waals surface area contributed by atoms with Crippen molar-refractivity contribution in [2.24, 2.45) is 0 Å². The second-order valence-corrected chi connectivity index (χ2v) is 7.72. The summed E-state index contributed by atoms with van der Waals surface area (Å²) in [5.41, 5.74) is 0.698. The van der Waals surface area contributed by atoms with Crippen LogP contribution in [0.15, 0.2) is 53.4 Å². The smallest absolute Gasteiger partial charge is 0.237 e. The van der Waals surface area contributed by atoms with E-state index in [1.165, 1.54) is 11.8 Å². The van der Waals surface area contributed by atoms with Crippen LogP contribution in [0.3, 0.4) is 0 Å². The van der Waals surface area contributed by atoms with Crippen molar-refractivity contribution >= 4 is 23.4 Å². The number of ether oxygens (including phenoxy) is 2. The van der Waals surface area contributed by atoms with Crippen LogP contribution in [0.5, 0.6) is 11.5 Å². The van der Waals surface area contributed by atoms with Crippen LogP contribution >= 0.6 is 11.8 Å². The van der Waals surface area contributed by atoms with Crippen molar-refractivity contribution in [2.45, 2.75) is 30.9 Å². The molecule has 2 rings (SSSR count). The van der Waals surface area contributed by atoms with Crippen LogP contribution in [0, 0.1) is 0 Å². The third-order valence-electron chi connectivity index (χ3n) is 4.42. The predicted molar refractivity (Wildman–Crippen MR) is 117 cm³/mol. The molecular weight excluding hydrogens is 372 g/mol. The zero-order chi connectivity index (χ0) is 20.4. The summed E-state index contributed by atoms with van der Waals surface area (Å²) in [5.74, 6) is 1.24. The van der Waals surface area contributed by atoms with Gasteiger partial charge < -0.3 is 19.7 Å². The van der Waals surface area contributed by atoms with Gasteiger partial charge in [-0.25, -0.2) is 0 Å². The number of thioether (sulfide) groups is 1. The third kappa shape index (κ3) is 6.77. The molecule has 0 saturated carbocycles. The molecule has 1 N–H and O–H groups in total. The van der Waals surface area contributed by atoms with E-state index in [2.05, 4.69) is 24.1 Å². The maximum absolute atomic E-state index is 12.6. The second-order valence-electron chi connectivity index (χ2n) is 6.30. The first-order valence-electron chi connectivity index (χ1n) is 9.63. The summed E-state index contributed by atoms with van der Waals surface area (Å²) in [7, 11) is 1.61. The summed E-state index contributed by atoms with van der Waals surface area (Å²) < 4.78 is 11.3. The summed E-state index contributed by atoms with van der Waals surface area (Å²) in [6.45, 7) is 9.56. The first-order chi connectivity index (χ1) is 13.6. The van der Waals surface area contributed by atoms with E-state index in [1.807, 2.05) is 55.5 Å². The number of methoxy groups -OCH3 is 1. The summed E-state index contributed by atoms with van der Waals surface area (Å²) in [6, 6.07) is 15.4. The zero-order valence-electron chi connectivity index (χ0n) is 17.1. The van der Waals surface area contributed by atoms with Gasteiger partial charge in [-0.3, -0.25) is 4.79 Å². The molecule has 1 atom stereocenters. The van der Waals surface area contributed by atoms with Gasteiger partial charge in [0.1, 0.15) is 6.61 Å². The molecule has 152 valence electrons. The molecule has 0 fully saturated rings. The molecule has 0 aliphatic carbocycles. The van der Waals surface area contributed by atoms with Gasteiger partial charge in [0, 0.05) is 23.2 Å². The normalized spacial score (nSPS) is 11.9. The molecule has 1 amide bonds. The van der Waals surface area contributed by atoms with Gasteiger partial charge in [-0.15, -0.1) is 11.8 Å². The molecule has 0 heterocycles. The minimum atomic E-state index is -0.212. The van der Waals surface area contributed by atoms with Gasteiger partial charge in [0.05, 0.1) is 12.4 Å². The Morgan fingerprint density at radius 2 is 1.82 bits per heavy atom. The Labute approximate surface area is 172 Å². The monoisotopic (exact) mass is 402 g/mol. The van der Waals surface area contributed by atoms with E-state index in [4.69, 9.17) is 9.47 Å².